The predicted molar refractivity (Wildman–Crippen MR) is 103 cm³/mol. The fourth-order valence-electron chi connectivity index (χ4n) is 2.59. The number of amides is 1. The molecule has 5 nitrogen and oxygen atoms in total. The minimum absolute atomic E-state index is 0.161. The fraction of sp³-hybridized carbons (Fsp3) is 0.316. The van der Waals surface area contributed by atoms with Gasteiger partial charge in [0.25, 0.3) is 5.76 Å². The predicted octanol–water partition coefficient (Wildman–Crippen LogP) is 4.09. The maximum absolute atomic E-state index is 12.3. The van der Waals surface area contributed by atoms with Crippen molar-refractivity contribution in [1.82, 2.24) is 4.90 Å². The molecule has 0 atom stereocenters. The minimum Gasteiger partial charge on any atom is -0.493 e. The summed E-state index contributed by atoms with van der Waals surface area (Å²) >= 11 is 0.468. The summed E-state index contributed by atoms with van der Waals surface area (Å²) in [7, 11) is 4.97. The Morgan fingerprint density at radius 2 is 1.85 bits per heavy atom. The Labute approximate surface area is 161 Å². The molecule has 0 saturated carbocycles. The smallest absolute Gasteiger partial charge is 0.288 e. The summed E-state index contributed by atoms with van der Waals surface area (Å²) in [6, 6.07) is 11.9. The van der Waals surface area contributed by atoms with Crippen LogP contribution in [-0.4, -0.2) is 44.4 Å². The second-order valence-electron chi connectivity index (χ2n) is 5.78. The standard InChI is InChI=1S/C19H22F2N2O3S/c1-23(11-13-5-4-6-16(25-2)18(13)26-3)12-17(24)22-14-7-9-15(10-8-14)27-19(20)21/h4-10,19H,11-12H2,1-3H3,(H,22,24). The number of ether oxygens (including phenoxy) is 2. The lowest BCUT2D eigenvalue weighted by molar-refractivity contribution is -0.117. The molecular formula is C19H22F2N2O3S. The molecule has 8 heteroatoms. The van der Waals surface area contributed by atoms with E-state index in [0.29, 0.717) is 40.4 Å². The van der Waals surface area contributed by atoms with Gasteiger partial charge >= 0.3 is 0 Å². The van der Waals surface area contributed by atoms with Gasteiger partial charge in [0.1, 0.15) is 0 Å². The highest BCUT2D eigenvalue weighted by Crippen LogP contribution is 2.31. The molecule has 2 aromatic rings. The van der Waals surface area contributed by atoms with Crippen LogP contribution in [0.2, 0.25) is 0 Å². The van der Waals surface area contributed by atoms with Gasteiger partial charge in [-0.25, -0.2) is 0 Å². The van der Waals surface area contributed by atoms with Crippen LogP contribution in [0.25, 0.3) is 0 Å². The molecule has 0 fully saturated rings. The zero-order valence-corrected chi connectivity index (χ0v) is 16.2. The van der Waals surface area contributed by atoms with Crippen molar-refractivity contribution >= 4 is 23.4 Å². The van der Waals surface area contributed by atoms with E-state index in [1.807, 2.05) is 30.1 Å². The van der Waals surface area contributed by atoms with Gasteiger partial charge < -0.3 is 14.8 Å². The van der Waals surface area contributed by atoms with Crippen LogP contribution in [0.5, 0.6) is 11.5 Å². The van der Waals surface area contributed by atoms with E-state index in [2.05, 4.69) is 5.32 Å². The lowest BCUT2D eigenvalue weighted by Gasteiger charge is -2.19. The maximum atomic E-state index is 12.3. The third-order valence-corrected chi connectivity index (χ3v) is 4.42. The molecule has 27 heavy (non-hydrogen) atoms. The monoisotopic (exact) mass is 396 g/mol. The van der Waals surface area contributed by atoms with Gasteiger partial charge in [0.15, 0.2) is 11.5 Å². The molecule has 2 rings (SSSR count). The number of thioether (sulfide) groups is 1. The van der Waals surface area contributed by atoms with Crippen molar-refractivity contribution in [1.29, 1.82) is 0 Å². The topological polar surface area (TPSA) is 50.8 Å². The van der Waals surface area contributed by atoms with Gasteiger partial charge in [-0.1, -0.05) is 23.9 Å². The molecule has 0 radical (unpaired) electrons. The molecule has 0 aliphatic rings. The number of benzene rings is 2. The number of alkyl halides is 2. The number of para-hydroxylation sites is 1. The number of nitrogens with one attached hydrogen (secondary N) is 1. The molecule has 1 amide bonds. The van der Waals surface area contributed by atoms with Crippen LogP contribution >= 0.6 is 11.8 Å². The summed E-state index contributed by atoms with van der Waals surface area (Å²) < 4.78 is 35.3. The summed E-state index contributed by atoms with van der Waals surface area (Å²) in [4.78, 5) is 14.5. The van der Waals surface area contributed by atoms with E-state index < -0.39 is 5.76 Å². The van der Waals surface area contributed by atoms with Crippen LogP contribution in [0, 0.1) is 0 Å². The van der Waals surface area contributed by atoms with Gasteiger partial charge in [0.05, 0.1) is 20.8 Å². The van der Waals surface area contributed by atoms with E-state index in [0.717, 1.165) is 5.56 Å². The number of methoxy groups -OCH3 is 2. The van der Waals surface area contributed by atoms with E-state index >= 15 is 0 Å². The molecule has 0 heterocycles. The number of nitrogens with zero attached hydrogens (tertiary/aromatic N) is 1. The zero-order valence-electron chi connectivity index (χ0n) is 15.4. The average molecular weight is 396 g/mol. The summed E-state index contributed by atoms with van der Waals surface area (Å²) in [5.41, 5.74) is 1.46. The quantitative estimate of drug-likeness (QED) is 0.647. The highest BCUT2D eigenvalue weighted by molar-refractivity contribution is 7.99. The van der Waals surface area contributed by atoms with Gasteiger partial charge in [-0.2, -0.15) is 8.78 Å². The van der Waals surface area contributed by atoms with Crippen LogP contribution in [0.1, 0.15) is 5.56 Å². The average Bonchev–Trinajstić information content (AvgIpc) is 2.62. The second-order valence-corrected chi connectivity index (χ2v) is 6.84. The first-order chi connectivity index (χ1) is 12.9. The number of rotatable bonds is 9. The highest BCUT2D eigenvalue weighted by atomic mass is 32.2. The van der Waals surface area contributed by atoms with Gasteiger partial charge in [-0.05, 0) is 37.4 Å². The first kappa shape index (κ1) is 21.0. The number of carbonyl (C=O) groups excluding carboxylic acids is 1. The molecular weight excluding hydrogens is 374 g/mol. The Balaban J connectivity index is 1.92. The van der Waals surface area contributed by atoms with Crippen molar-refractivity contribution in [3.63, 3.8) is 0 Å². The number of halogens is 2. The van der Waals surface area contributed by atoms with E-state index in [-0.39, 0.29) is 12.5 Å². The lowest BCUT2D eigenvalue weighted by atomic mass is 10.1. The molecule has 0 saturated heterocycles. The van der Waals surface area contributed by atoms with Crippen LogP contribution in [0.4, 0.5) is 14.5 Å². The SMILES string of the molecule is COc1cccc(CN(C)CC(=O)Nc2ccc(SC(F)F)cc2)c1OC. The number of carbonyl (C=O) groups is 1. The molecule has 0 aliphatic heterocycles. The van der Waals surface area contributed by atoms with Gasteiger partial charge in [0.2, 0.25) is 5.91 Å². The molecule has 0 bridgehead atoms. The summed E-state index contributed by atoms with van der Waals surface area (Å²) in [6.45, 7) is 0.658. The van der Waals surface area contributed by atoms with Crippen LogP contribution in [-0.2, 0) is 11.3 Å². The molecule has 146 valence electrons. The van der Waals surface area contributed by atoms with E-state index in [1.54, 1.807) is 38.5 Å². The summed E-state index contributed by atoms with van der Waals surface area (Å²) in [5, 5.41) is 2.76. The molecule has 2 aromatic carbocycles. The molecule has 0 aliphatic carbocycles. The molecule has 0 spiro atoms. The molecule has 1 N–H and O–H groups in total. The number of anilines is 1. The zero-order chi connectivity index (χ0) is 19.8. The van der Waals surface area contributed by atoms with Gasteiger partial charge in [0, 0.05) is 22.7 Å². The Bertz CT molecular complexity index is 757. The molecule has 0 unspecified atom stereocenters. The maximum Gasteiger partial charge on any atom is 0.288 e. The van der Waals surface area contributed by atoms with Gasteiger partial charge in [-0.3, -0.25) is 9.69 Å². The van der Waals surface area contributed by atoms with Crippen molar-refractivity contribution in [3.05, 3.63) is 48.0 Å². The van der Waals surface area contributed by atoms with E-state index in [4.69, 9.17) is 9.47 Å². The second kappa shape index (κ2) is 10.1. The van der Waals surface area contributed by atoms with Crippen LogP contribution in [0.3, 0.4) is 0 Å². The van der Waals surface area contributed by atoms with Crippen molar-refractivity contribution in [2.75, 3.05) is 33.1 Å². The van der Waals surface area contributed by atoms with Crippen molar-refractivity contribution in [2.45, 2.75) is 17.2 Å². The Hall–Kier alpha value is -2.32. The lowest BCUT2D eigenvalue weighted by Crippen LogP contribution is -2.30. The first-order valence-electron chi connectivity index (χ1n) is 8.16. The third-order valence-electron chi connectivity index (χ3n) is 3.70. The minimum atomic E-state index is -2.47. The fourth-order valence-corrected chi connectivity index (χ4v) is 3.09. The first-order valence-corrected chi connectivity index (χ1v) is 9.04. The summed E-state index contributed by atoms with van der Waals surface area (Å²) in [5.74, 6) is -1.39. The van der Waals surface area contributed by atoms with Crippen LogP contribution in [0.15, 0.2) is 47.4 Å². The molecule has 0 aromatic heterocycles. The van der Waals surface area contributed by atoms with E-state index in [1.165, 1.54) is 0 Å². The van der Waals surface area contributed by atoms with Crippen LogP contribution < -0.4 is 14.8 Å². The third kappa shape index (κ3) is 6.41. The largest absolute Gasteiger partial charge is 0.493 e. The van der Waals surface area contributed by atoms with Gasteiger partial charge in [-0.15, -0.1) is 0 Å². The van der Waals surface area contributed by atoms with Crippen molar-refractivity contribution < 1.29 is 23.0 Å². The normalized spacial score (nSPS) is 10.9. The Morgan fingerprint density at radius 1 is 1.15 bits per heavy atom. The highest BCUT2D eigenvalue weighted by Gasteiger charge is 2.13. The van der Waals surface area contributed by atoms with Crippen molar-refractivity contribution in [2.24, 2.45) is 0 Å². The van der Waals surface area contributed by atoms with Crippen molar-refractivity contribution in [3.8, 4) is 11.5 Å². The number of likely N-dealkylation sites (N-methyl/N-ethyl adjacent to an activating group) is 1. The Kier molecular flexibility index (Phi) is 7.87. The number of hydrogen-bond donors (Lipinski definition) is 1. The summed E-state index contributed by atoms with van der Waals surface area (Å²) in [6.07, 6.45) is 0. The Morgan fingerprint density at radius 3 is 2.44 bits per heavy atom. The number of hydrogen-bond acceptors (Lipinski definition) is 5. The van der Waals surface area contributed by atoms with E-state index in [9.17, 15) is 13.6 Å².